The summed E-state index contributed by atoms with van der Waals surface area (Å²) in [6.45, 7) is 6.45. The molecule has 134 valence electrons. The van der Waals surface area contributed by atoms with Gasteiger partial charge in [0.15, 0.2) is 11.5 Å². The Morgan fingerprint density at radius 2 is 2.16 bits per heavy atom. The van der Waals surface area contributed by atoms with Crippen molar-refractivity contribution in [1.29, 1.82) is 0 Å². The predicted molar refractivity (Wildman–Crippen MR) is 99.8 cm³/mol. The molecular formula is C16H19ClN4O3S. The average Bonchev–Trinajstić information content (AvgIpc) is 2.58. The van der Waals surface area contributed by atoms with Crippen molar-refractivity contribution in [3.05, 3.63) is 43.5 Å². The van der Waals surface area contributed by atoms with Gasteiger partial charge in [0.25, 0.3) is 5.56 Å². The molecule has 0 aliphatic heterocycles. The topological polar surface area (TPSA) is 81.5 Å². The second kappa shape index (κ2) is 8.77. The molecule has 1 heterocycles. The van der Waals surface area contributed by atoms with Gasteiger partial charge >= 0.3 is 0 Å². The second-order valence-corrected chi connectivity index (χ2v) is 5.88. The van der Waals surface area contributed by atoms with Crippen molar-refractivity contribution < 1.29 is 9.47 Å². The Bertz CT molecular complexity index is 892. The Hall–Kier alpha value is -2.19. The molecule has 0 aliphatic carbocycles. The summed E-state index contributed by atoms with van der Waals surface area (Å²) in [4.78, 5) is 12.0. The smallest absolute Gasteiger partial charge is 0.296 e. The van der Waals surface area contributed by atoms with Crippen LogP contribution in [0.4, 0.5) is 0 Å². The molecule has 7 nitrogen and oxygen atoms in total. The lowest BCUT2D eigenvalue weighted by molar-refractivity contribution is 0.277. The molecule has 0 radical (unpaired) electrons. The minimum atomic E-state index is -0.390. The second-order valence-electron chi connectivity index (χ2n) is 5.09. The number of aryl methyl sites for hydroxylation is 1. The minimum absolute atomic E-state index is 0.103. The number of nitrogens with one attached hydrogen (secondary N) is 1. The van der Waals surface area contributed by atoms with E-state index in [1.54, 1.807) is 19.1 Å². The monoisotopic (exact) mass is 382 g/mol. The maximum Gasteiger partial charge on any atom is 0.296 e. The Kier molecular flexibility index (Phi) is 6.72. The molecule has 0 saturated heterocycles. The molecule has 0 unspecified atom stereocenters. The van der Waals surface area contributed by atoms with E-state index in [9.17, 15) is 4.79 Å². The Morgan fingerprint density at radius 3 is 2.84 bits per heavy atom. The molecule has 25 heavy (non-hydrogen) atoms. The molecule has 0 amide bonds. The molecule has 0 saturated carbocycles. The number of hydrogen-bond acceptors (Lipinski definition) is 6. The van der Waals surface area contributed by atoms with Crippen LogP contribution in [0.5, 0.6) is 11.5 Å². The lowest BCUT2D eigenvalue weighted by Gasteiger charge is -2.13. The van der Waals surface area contributed by atoms with Crippen LogP contribution in [-0.2, 0) is 0 Å². The molecule has 1 aromatic heterocycles. The molecule has 1 aromatic carbocycles. The van der Waals surface area contributed by atoms with E-state index in [4.69, 9.17) is 33.3 Å². The first-order chi connectivity index (χ1) is 12.0. The largest absolute Gasteiger partial charge is 0.490 e. The molecule has 2 rings (SSSR count). The third-order valence-corrected chi connectivity index (χ3v) is 3.66. The molecular weight excluding hydrogens is 364 g/mol. The Balaban J connectivity index is 2.42. The zero-order valence-corrected chi connectivity index (χ0v) is 15.8. The first-order valence-corrected chi connectivity index (χ1v) is 8.58. The van der Waals surface area contributed by atoms with E-state index in [-0.39, 0.29) is 16.0 Å². The zero-order chi connectivity index (χ0) is 18.4. The van der Waals surface area contributed by atoms with Gasteiger partial charge in [-0.3, -0.25) is 9.89 Å². The summed E-state index contributed by atoms with van der Waals surface area (Å²) < 4.78 is 12.4. The van der Waals surface area contributed by atoms with E-state index in [0.29, 0.717) is 35.3 Å². The lowest BCUT2D eigenvalue weighted by Crippen LogP contribution is -2.22. The number of ether oxygens (including phenoxy) is 2. The van der Waals surface area contributed by atoms with E-state index in [0.717, 1.165) is 11.1 Å². The van der Waals surface area contributed by atoms with Crippen molar-refractivity contribution in [3.63, 3.8) is 0 Å². The predicted octanol–water partition coefficient (Wildman–Crippen LogP) is 3.33. The zero-order valence-electron chi connectivity index (χ0n) is 14.2. The van der Waals surface area contributed by atoms with E-state index >= 15 is 0 Å². The first-order valence-electron chi connectivity index (χ1n) is 7.79. The lowest BCUT2D eigenvalue weighted by atomic mass is 10.2. The minimum Gasteiger partial charge on any atom is -0.490 e. The number of aromatic nitrogens is 3. The molecule has 0 spiro atoms. The highest BCUT2D eigenvalue weighted by molar-refractivity contribution is 7.71. The highest BCUT2D eigenvalue weighted by Crippen LogP contribution is 2.36. The number of rotatable bonds is 7. The summed E-state index contributed by atoms with van der Waals surface area (Å²) in [5, 5.41) is 10.9. The van der Waals surface area contributed by atoms with Gasteiger partial charge in [-0.1, -0.05) is 18.5 Å². The third-order valence-electron chi connectivity index (χ3n) is 3.12. The Morgan fingerprint density at radius 1 is 1.40 bits per heavy atom. The summed E-state index contributed by atoms with van der Waals surface area (Å²) >= 11 is 11.3. The third kappa shape index (κ3) is 4.67. The number of aromatic amines is 1. The van der Waals surface area contributed by atoms with Gasteiger partial charge in [-0.2, -0.15) is 14.9 Å². The SMILES string of the molecule is CCCOc1c(Cl)cc(/C=N\n2c(=S)[nH]nc(C)c2=O)cc1OCC. The van der Waals surface area contributed by atoms with Crippen LogP contribution in [0.2, 0.25) is 5.02 Å². The maximum absolute atomic E-state index is 12.0. The van der Waals surface area contributed by atoms with Crippen LogP contribution in [-0.4, -0.2) is 34.3 Å². The number of benzene rings is 1. The molecule has 2 aromatic rings. The standard InChI is InChI=1S/C16H19ClN4O3S/c1-4-6-24-14-12(17)7-11(8-13(14)23-5-2)9-18-21-15(22)10(3)19-20-16(21)25/h7-9H,4-6H2,1-3H3,(H,20,25)/b18-9-. The summed E-state index contributed by atoms with van der Waals surface area (Å²) in [5.74, 6) is 1.02. The Labute approximate surface area is 155 Å². The van der Waals surface area contributed by atoms with Crippen LogP contribution in [0.3, 0.4) is 0 Å². The van der Waals surface area contributed by atoms with Crippen molar-refractivity contribution in [2.75, 3.05) is 13.2 Å². The van der Waals surface area contributed by atoms with Gasteiger partial charge in [0.05, 0.1) is 24.5 Å². The van der Waals surface area contributed by atoms with Crippen LogP contribution >= 0.6 is 23.8 Å². The van der Waals surface area contributed by atoms with Gasteiger partial charge in [-0.15, -0.1) is 0 Å². The summed E-state index contributed by atoms with van der Waals surface area (Å²) in [6, 6.07) is 3.43. The summed E-state index contributed by atoms with van der Waals surface area (Å²) in [6.07, 6.45) is 2.33. The quantitative estimate of drug-likeness (QED) is 0.586. The van der Waals surface area contributed by atoms with Crippen molar-refractivity contribution in [1.82, 2.24) is 14.9 Å². The first kappa shape index (κ1) is 19.1. The van der Waals surface area contributed by atoms with Crippen molar-refractivity contribution in [2.45, 2.75) is 27.2 Å². The van der Waals surface area contributed by atoms with Crippen molar-refractivity contribution in [3.8, 4) is 11.5 Å². The van der Waals surface area contributed by atoms with Gasteiger partial charge in [0.1, 0.15) is 5.69 Å². The molecule has 0 aliphatic rings. The average molecular weight is 383 g/mol. The number of hydrogen-bond donors (Lipinski definition) is 1. The van der Waals surface area contributed by atoms with Gasteiger partial charge < -0.3 is 9.47 Å². The fourth-order valence-electron chi connectivity index (χ4n) is 1.97. The van der Waals surface area contributed by atoms with Gasteiger partial charge in [-0.25, -0.2) is 0 Å². The van der Waals surface area contributed by atoms with Crippen molar-refractivity contribution >= 4 is 30.0 Å². The van der Waals surface area contributed by atoms with Gasteiger partial charge in [0, 0.05) is 0 Å². The van der Waals surface area contributed by atoms with E-state index in [1.807, 2.05) is 13.8 Å². The van der Waals surface area contributed by atoms with Gasteiger partial charge in [-0.05, 0) is 50.2 Å². The molecule has 0 atom stereocenters. The van der Waals surface area contributed by atoms with E-state index < -0.39 is 0 Å². The molecule has 9 heteroatoms. The molecule has 0 bridgehead atoms. The van der Waals surface area contributed by atoms with Crippen LogP contribution < -0.4 is 15.0 Å². The van der Waals surface area contributed by atoms with E-state index in [1.165, 1.54) is 6.21 Å². The number of halogens is 1. The highest BCUT2D eigenvalue weighted by Gasteiger charge is 2.12. The van der Waals surface area contributed by atoms with E-state index in [2.05, 4.69) is 15.3 Å². The summed E-state index contributed by atoms with van der Waals surface area (Å²) in [7, 11) is 0. The van der Waals surface area contributed by atoms with Crippen molar-refractivity contribution in [2.24, 2.45) is 5.10 Å². The fourth-order valence-corrected chi connectivity index (χ4v) is 2.42. The highest BCUT2D eigenvalue weighted by atomic mass is 35.5. The normalized spacial score (nSPS) is 11.0. The number of nitrogens with zero attached hydrogens (tertiary/aromatic N) is 3. The molecule has 1 N–H and O–H groups in total. The van der Waals surface area contributed by atoms with Crippen LogP contribution in [0.25, 0.3) is 0 Å². The van der Waals surface area contributed by atoms with Crippen LogP contribution in [0.1, 0.15) is 31.5 Å². The summed E-state index contributed by atoms with van der Waals surface area (Å²) in [5.41, 5.74) is 0.522. The maximum atomic E-state index is 12.0. The van der Waals surface area contributed by atoms with Crippen LogP contribution in [0.15, 0.2) is 22.0 Å². The fraction of sp³-hybridized carbons (Fsp3) is 0.375. The van der Waals surface area contributed by atoms with Gasteiger partial charge in [0.2, 0.25) is 4.77 Å². The van der Waals surface area contributed by atoms with Crippen LogP contribution in [0, 0.1) is 11.7 Å². The molecule has 0 fully saturated rings. The number of H-pyrrole nitrogens is 1.